The van der Waals surface area contributed by atoms with Crippen LogP contribution in [0.4, 0.5) is 0 Å². The van der Waals surface area contributed by atoms with Crippen molar-refractivity contribution in [3.05, 3.63) is 70.8 Å². The van der Waals surface area contributed by atoms with Gasteiger partial charge in [-0.3, -0.25) is 9.59 Å². The Balaban J connectivity index is 2.19. The minimum atomic E-state index is -0.901. The smallest absolute Gasteiger partial charge is 0.313 e. The Labute approximate surface area is 141 Å². The van der Waals surface area contributed by atoms with E-state index in [4.69, 9.17) is 0 Å². The second-order valence-corrected chi connectivity index (χ2v) is 6.26. The van der Waals surface area contributed by atoms with E-state index in [0.717, 1.165) is 17.5 Å². The number of hydrogen-bond donors (Lipinski definition) is 1. The van der Waals surface area contributed by atoms with Crippen LogP contribution in [0.2, 0.25) is 0 Å². The third-order valence-corrected chi connectivity index (χ3v) is 4.59. The Kier molecular flexibility index (Phi) is 4.38. The van der Waals surface area contributed by atoms with Crippen molar-refractivity contribution in [3.8, 4) is 0 Å². The largest absolute Gasteiger partial charge is 0.481 e. The zero-order valence-electron chi connectivity index (χ0n) is 13.9. The van der Waals surface area contributed by atoms with E-state index in [1.54, 1.807) is 29.2 Å². The SMILES string of the molecule is CCCN1C(=O)c2ccccc2[C@H](C(=O)O)[C@H]1c1ccc(C)cc1. The van der Waals surface area contributed by atoms with Crippen LogP contribution in [0.5, 0.6) is 0 Å². The molecule has 2 atom stereocenters. The third-order valence-electron chi connectivity index (χ3n) is 4.59. The molecule has 0 aromatic heterocycles. The molecule has 0 fully saturated rings. The van der Waals surface area contributed by atoms with Gasteiger partial charge in [-0.15, -0.1) is 0 Å². The summed E-state index contributed by atoms with van der Waals surface area (Å²) in [4.78, 5) is 26.8. The Morgan fingerprint density at radius 1 is 1.12 bits per heavy atom. The van der Waals surface area contributed by atoms with E-state index in [9.17, 15) is 14.7 Å². The maximum absolute atomic E-state index is 13.0. The molecule has 4 nitrogen and oxygen atoms in total. The van der Waals surface area contributed by atoms with Crippen LogP contribution in [0.3, 0.4) is 0 Å². The second kappa shape index (κ2) is 6.48. The van der Waals surface area contributed by atoms with Crippen LogP contribution in [0, 0.1) is 6.92 Å². The van der Waals surface area contributed by atoms with E-state index in [1.807, 2.05) is 38.1 Å². The van der Waals surface area contributed by atoms with Crippen LogP contribution in [0.15, 0.2) is 48.5 Å². The summed E-state index contributed by atoms with van der Waals surface area (Å²) in [7, 11) is 0. The first-order valence-electron chi connectivity index (χ1n) is 8.24. The summed E-state index contributed by atoms with van der Waals surface area (Å²) in [5.74, 6) is -1.75. The van der Waals surface area contributed by atoms with Gasteiger partial charge in [0.1, 0.15) is 5.92 Å². The fourth-order valence-corrected chi connectivity index (χ4v) is 3.48. The highest BCUT2D eigenvalue weighted by Crippen LogP contribution is 2.42. The van der Waals surface area contributed by atoms with Crippen LogP contribution in [0.1, 0.15) is 52.4 Å². The average molecular weight is 323 g/mol. The number of aryl methyl sites for hydroxylation is 1. The Morgan fingerprint density at radius 3 is 2.42 bits per heavy atom. The van der Waals surface area contributed by atoms with Gasteiger partial charge in [0.2, 0.25) is 0 Å². The number of amides is 1. The van der Waals surface area contributed by atoms with Crippen molar-refractivity contribution < 1.29 is 14.7 Å². The average Bonchev–Trinajstić information content (AvgIpc) is 2.58. The molecule has 2 aromatic rings. The van der Waals surface area contributed by atoms with Gasteiger partial charge in [0.25, 0.3) is 5.91 Å². The highest BCUT2D eigenvalue weighted by Gasteiger charge is 2.43. The number of benzene rings is 2. The van der Waals surface area contributed by atoms with Crippen LogP contribution in [-0.4, -0.2) is 28.4 Å². The highest BCUT2D eigenvalue weighted by molar-refractivity contribution is 6.00. The molecule has 1 aliphatic rings. The van der Waals surface area contributed by atoms with Gasteiger partial charge in [0.05, 0.1) is 6.04 Å². The van der Waals surface area contributed by atoms with Crippen molar-refractivity contribution in [3.63, 3.8) is 0 Å². The number of carboxylic acid groups (broad SMARTS) is 1. The first-order valence-corrected chi connectivity index (χ1v) is 8.24. The van der Waals surface area contributed by atoms with Crippen molar-refractivity contribution in [1.82, 2.24) is 4.90 Å². The molecule has 124 valence electrons. The number of rotatable bonds is 4. The molecule has 0 spiro atoms. The van der Waals surface area contributed by atoms with Crippen molar-refractivity contribution in [1.29, 1.82) is 0 Å². The van der Waals surface area contributed by atoms with Gasteiger partial charge in [-0.2, -0.15) is 0 Å². The predicted molar refractivity (Wildman–Crippen MR) is 92.1 cm³/mol. The normalized spacial score (nSPS) is 19.9. The number of aliphatic carboxylic acids is 1. The lowest BCUT2D eigenvalue weighted by atomic mass is 9.79. The summed E-state index contributed by atoms with van der Waals surface area (Å²) in [6, 6.07) is 14.4. The summed E-state index contributed by atoms with van der Waals surface area (Å²) < 4.78 is 0. The number of carbonyl (C=O) groups is 2. The second-order valence-electron chi connectivity index (χ2n) is 6.26. The molecule has 24 heavy (non-hydrogen) atoms. The minimum absolute atomic E-state index is 0.0875. The number of carboxylic acids is 1. The van der Waals surface area contributed by atoms with Gasteiger partial charge in [0, 0.05) is 12.1 Å². The lowest BCUT2D eigenvalue weighted by Gasteiger charge is -2.40. The van der Waals surface area contributed by atoms with E-state index in [2.05, 4.69) is 0 Å². The molecule has 1 amide bonds. The van der Waals surface area contributed by atoms with E-state index in [1.165, 1.54) is 0 Å². The van der Waals surface area contributed by atoms with Gasteiger partial charge >= 0.3 is 5.97 Å². The summed E-state index contributed by atoms with van der Waals surface area (Å²) in [6.45, 7) is 4.52. The van der Waals surface area contributed by atoms with Crippen molar-refractivity contribution in [2.24, 2.45) is 0 Å². The Bertz CT molecular complexity index is 767. The number of fused-ring (bicyclic) bond motifs is 1. The summed E-state index contributed by atoms with van der Waals surface area (Å²) in [6.07, 6.45) is 0.780. The molecule has 1 aliphatic heterocycles. The lowest BCUT2D eigenvalue weighted by Crippen LogP contribution is -2.45. The zero-order valence-corrected chi connectivity index (χ0v) is 13.9. The van der Waals surface area contributed by atoms with Crippen LogP contribution < -0.4 is 0 Å². The Morgan fingerprint density at radius 2 is 1.79 bits per heavy atom. The van der Waals surface area contributed by atoms with Crippen LogP contribution in [0.25, 0.3) is 0 Å². The van der Waals surface area contributed by atoms with Crippen molar-refractivity contribution in [2.45, 2.75) is 32.2 Å². The molecule has 0 radical (unpaired) electrons. The zero-order chi connectivity index (χ0) is 17.3. The summed E-state index contributed by atoms with van der Waals surface area (Å²) in [5.41, 5.74) is 3.08. The summed E-state index contributed by atoms with van der Waals surface area (Å²) in [5, 5.41) is 9.91. The molecule has 0 saturated heterocycles. The third kappa shape index (κ3) is 2.68. The van der Waals surface area contributed by atoms with Crippen molar-refractivity contribution in [2.75, 3.05) is 6.54 Å². The molecule has 2 aromatic carbocycles. The van der Waals surface area contributed by atoms with E-state index < -0.39 is 17.9 Å². The monoisotopic (exact) mass is 323 g/mol. The molecule has 0 saturated carbocycles. The topological polar surface area (TPSA) is 57.6 Å². The highest BCUT2D eigenvalue weighted by atomic mass is 16.4. The van der Waals surface area contributed by atoms with Gasteiger partial charge in [-0.1, -0.05) is 55.0 Å². The first-order chi connectivity index (χ1) is 11.5. The molecule has 1 N–H and O–H groups in total. The number of nitrogens with zero attached hydrogens (tertiary/aromatic N) is 1. The van der Waals surface area contributed by atoms with Gasteiger partial charge in [-0.25, -0.2) is 0 Å². The predicted octanol–water partition coefficient (Wildman–Crippen LogP) is 3.77. The van der Waals surface area contributed by atoms with Gasteiger partial charge in [0.15, 0.2) is 0 Å². The quantitative estimate of drug-likeness (QED) is 0.932. The molecule has 4 heteroatoms. The van der Waals surface area contributed by atoms with E-state index in [0.29, 0.717) is 17.7 Å². The molecule has 0 aliphatic carbocycles. The maximum atomic E-state index is 13.0. The van der Waals surface area contributed by atoms with Crippen LogP contribution in [-0.2, 0) is 4.79 Å². The number of carbonyl (C=O) groups excluding carboxylic acids is 1. The molecule has 1 heterocycles. The molecule has 0 unspecified atom stereocenters. The summed E-state index contributed by atoms with van der Waals surface area (Å²) >= 11 is 0. The maximum Gasteiger partial charge on any atom is 0.313 e. The fourth-order valence-electron chi connectivity index (χ4n) is 3.48. The number of hydrogen-bond acceptors (Lipinski definition) is 2. The van der Waals surface area contributed by atoms with E-state index in [-0.39, 0.29) is 5.91 Å². The lowest BCUT2D eigenvalue weighted by molar-refractivity contribution is -0.140. The molecule has 0 bridgehead atoms. The van der Waals surface area contributed by atoms with Crippen molar-refractivity contribution >= 4 is 11.9 Å². The molecular formula is C20H21NO3. The Hall–Kier alpha value is -2.62. The first kappa shape index (κ1) is 16.2. The standard InChI is InChI=1S/C20H21NO3/c1-3-12-21-18(14-10-8-13(2)9-11-14)17(20(23)24)15-6-4-5-7-16(15)19(21)22/h4-11,17-18H,3,12H2,1-2H3,(H,23,24)/t17-,18+/m0/s1. The molecular weight excluding hydrogens is 302 g/mol. The van der Waals surface area contributed by atoms with Crippen LogP contribution >= 0.6 is 0 Å². The minimum Gasteiger partial charge on any atom is -0.481 e. The van der Waals surface area contributed by atoms with Gasteiger partial charge in [-0.05, 0) is 30.5 Å². The van der Waals surface area contributed by atoms with Gasteiger partial charge < -0.3 is 10.0 Å². The molecule has 3 rings (SSSR count). The fraction of sp³-hybridized carbons (Fsp3) is 0.300. The van der Waals surface area contributed by atoms with E-state index >= 15 is 0 Å².